The third-order valence-electron chi connectivity index (χ3n) is 3.24. The van der Waals surface area contributed by atoms with Crippen LogP contribution in [0.3, 0.4) is 0 Å². The van der Waals surface area contributed by atoms with Gasteiger partial charge in [0.15, 0.2) is 0 Å². The van der Waals surface area contributed by atoms with Crippen LogP contribution in [0.4, 0.5) is 4.79 Å². The van der Waals surface area contributed by atoms with Gasteiger partial charge in [-0.15, -0.1) is 0 Å². The highest BCUT2D eigenvalue weighted by molar-refractivity contribution is 8.00. The molecule has 86 valence electrons. The Labute approximate surface area is 94.9 Å². The topological polar surface area (TPSA) is 58.4 Å². The molecule has 2 aliphatic rings. The first-order chi connectivity index (χ1) is 7.24. The number of rotatable bonds is 4. The van der Waals surface area contributed by atoms with Crippen molar-refractivity contribution >= 4 is 17.8 Å². The zero-order valence-corrected chi connectivity index (χ0v) is 9.93. The van der Waals surface area contributed by atoms with E-state index >= 15 is 0 Å². The molecule has 0 bridgehead atoms. The molecule has 0 spiro atoms. The van der Waals surface area contributed by atoms with Gasteiger partial charge in [-0.25, -0.2) is 10.6 Å². The number of carbonyl (C=O) groups is 1. The van der Waals surface area contributed by atoms with Gasteiger partial charge in [-0.05, 0) is 6.42 Å². The molecule has 2 amide bonds. The molecule has 0 aromatic carbocycles. The fraction of sp³-hybridized carbons (Fsp3) is 0.900. The quantitative estimate of drug-likeness (QED) is 0.331. The van der Waals surface area contributed by atoms with Crippen molar-refractivity contribution in [1.82, 2.24) is 10.3 Å². The van der Waals surface area contributed by atoms with E-state index in [1.165, 1.54) is 30.7 Å². The van der Waals surface area contributed by atoms with Crippen molar-refractivity contribution in [1.29, 1.82) is 0 Å². The van der Waals surface area contributed by atoms with Crippen LogP contribution < -0.4 is 11.2 Å². The van der Waals surface area contributed by atoms with Gasteiger partial charge < -0.3 is 5.32 Å². The average molecular weight is 229 g/mol. The zero-order chi connectivity index (χ0) is 10.8. The molecule has 0 saturated carbocycles. The zero-order valence-electron chi connectivity index (χ0n) is 9.11. The summed E-state index contributed by atoms with van der Waals surface area (Å²) in [5.74, 6) is 6.78. The average Bonchev–Trinajstić information content (AvgIpc) is 2.71. The number of carbonyl (C=O) groups excluding carboxylic acids is 1. The van der Waals surface area contributed by atoms with Gasteiger partial charge in [0.05, 0.1) is 12.1 Å². The Kier molecular flexibility index (Phi) is 3.41. The van der Waals surface area contributed by atoms with Crippen molar-refractivity contribution in [2.75, 3.05) is 5.75 Å². The minimum atomic E-state index is -0.106. The number of thioether (sulfide) groups is 1. The molecule has 0 aliphatic carbocycles. The number of amides is 2. The fourth-order valence-electron chi connectivity index (χ4n) is 2.40. The first-order valence-electron chi connectivity index (χ1n) is 5.70. The van der Waals surface area contributed by atoms with Gasteiger partial charge in [0.2, 0.25) is 0 Å². The normalized spacial score (nSPS) is 34.4. The minimum Gasteiger partial charge on any atom is -0.331 e. The summed E-state index contributed by atoms with van der Waals surface area (Å²) >= 11 is 1.95. The van der Waals surface area contributed by atoms with E-state index in [2.05, 4.69) is 12.2 Å². The molecule has 3 atom stereocenters. The van der Waals surface area contributed by atoms with Crippen molar-refractivity contribution in [3.05, 3.63) is 0 Å². The second-order valence-corrected chi connectivity index (χ2v) is 5.59. The molecule has 0 aromatic heterocycles. The summed E-state index contributed by atoms with van der Waals surface area (Å²) in [4.78, 5) is 11.3. The predicted octanol–water partition coefficient (Wildman–Crippen LogP) is 1.32. The van der Waals surface area contributed by atoms with Gasteiger partial charge in [-0.2, -0.15) is 11.8 Å². The van der Waals surface area contributed by atoms with Crippen molar-refractivity contribution in [3.8, 4) is 0 Å². The molecular formula is C10H19N3OS. The maximum absolute atomic E-state index is 11.3. The Morgan fingerprint density at radius 3 is 3.13 bits per heavy atom. The number of fused-ring (bicyclic) bond motifs is 1. The second kappa shape index (κ2) is 4.61. The molecule has 2 fully saturated rings. The van der Waals surface area contributed by atoms with Crippen LogP contribution in [0.15, 0.2) is 0 Å². The molecule has 2 aliphatic heterocycles. The summed E-state index contributed by atoms with van der Waals surface area (Å²) in [5, 5.41) is 4.86. The maximum atomic E-state index is 11.3. The number of nitrogens with zero attached hydrogens (tertiary/aromatic N) is 1. The van der Waals surface area contributed by atoms with E-state index in [1.807, 2.05) is 11.8 Å². The number of hydrogen-bond donors (Lipinski definition) is 2. The number of nitrogens with two attached hydrogens (primary N) is 1. The van der Waals surface area contributed by atoms with E-state index in [0.717, 1.165) is 5.75 Å². The largest absolute Gasteiger partial charge is 0.332 e. The van der Waals surface area contributed by atoms with Gasteiger partial charge in [0, 0.05) is 11.0 Å². The van der Waals surface area contributed by atoms with Crippen LogP contribution in [0.25, 0.3) is 0 Å². The van der Waals surface area contributed by atoms with Crippen LogP contribution in [-0.2, 0) is 0 Å². The number of hydrazine groups is 1. The lowest BCUT2D eigenvalue weighted by Gasteiger charge is -2.22. The van der Waals surface area contributed by atoms with Gasteiger partial charge in [-0.1, -0.05) is 26.2 Å². The number of urea groups is 1. The second-order valence-electron chi connectivity index (χ2n) is 4.32. The SMILES string of the molecule is CCCCC[C@@H]1SC[C@@H]2NC(=O)N(N)[C@@H]21. The van der Waals surface area contributed by atoms with Crippen LogP contribution in [0.1, 0.15) is 32.6 Å². The molecule has 4 nitrogen and oxygen atoms in total. The highest BCUT2D eigenvalue weighted by Gasteiger charge is 2.47. The Hall–Kier alpha value is -0.420. The molecule has 0 aromatic rings. The van der Waals surface area contributed by atoms with E-state index < -0.39 is 0 Å². The Balaban J connectivity index is 1.89. The summed E-state index contributed by atoms with van der Waals surface area (Å²) in [6, 6.07) is 0.393. The third kappa shape index (κ3) is 2.08. The monoisotopic (exact) mass is 229 g/mol. The van der Waals surface area contributed by atoms with E-state index in [0.29, 0.717) is 5.25 Å². The maximum Gasteiger partial charge on any atom is 0.332 e. The standard InChI is InChI=1S/C10H19N3OS/c1-2-3-4-5-8-9-7(6-15-8)12-10(14)13(9)11/h7-9H,2-6,11H2,1H3,(H,12,14)/t7-,8-,9-/m0/s1. The summed E-state index contributed by atoms with van der Waals surface area (Å²) in [5.41, 5.74) is 0. The first-order valence-corrected chi connectivity index (χ1v) is 6.75. The molecule has 2 saturated heterocycles. The van der Waals surface area contributed by atoms with Gasteiger partial charge in [0.1, 0.15) is 0 Å². The smallest absolute Gasteiger partial charge is 0.331 e. The van der Waals surface area contributed by atoms with Crippen LogP contribution in [0, 0.1) is 0 Å². The molecule has 2 rings (SSSR count). The Morgan fingerprint density at radius 1 is 1.60 bits per heavy atom. The van der Waals surface area contributed by atoms with E-state index in [1.54, 1.807) is 0 Å². The number of unbranched alkanes of at least 4 members (excludes halogenated alkanes) is 2. The predicted molar refractivity (Wildman–Crippen MR) is 62.5 cm³/mol. The van der Waals surface area contributed by atoms with Crippen LogP contribution in [0.5, 0.6) is 0 Å². The van der Waals surface area contributed by atoms with E-state index in [4.69, 9.17) is 5.84 Å². The lowest BCUT2D eigenvalue weighted by Crippen LogP contribution is -2.45. The Bertz CT molecular complexity index is 249. The van der Waals surface area contributed by atoms with Crippen molar-refractivity contribution in [2.24, 2.45) is 5.84 Å². The number of nitrogens with one attached hydrogen (secondary N) is 1. The van der Waals surface area contributed by atoms with Crippen LogP contribution in [-0.4, -0.2) is 34.1 Å². The van der Waals surface area contributed by atoms with E-state index in [-0.39, 0.29) is 18.1 Å². The fourth-order valence-corrected chi connectivity index (χ4v) is 3.99. The van der Waals surface area contributed by atoms with Crippen LogP contribution >= 0.6 is 11.8 Å². The van der Waals surface area contributed by atoms with Gasteiger partial charge in [0.25, 0.3) is 0 Å². The lowest BCUT2D eigenvalue weighted by atomic mass is 10.0. The van der Waals surface area contributed by atoms with Crippen molar-refractivity contribution in [3.63, 3.8) is 0 Å². The molecular weight excluding hydrogens is 210 g/mol. The highest BCUT2D eigenvalue weighted by atomic mass is 32.2. The molecule has 0 radical (unpaired) electrons. The van der Waals surface area contributed by atoms with Crippen molar-refractivity contribution < 1.29 is 4.79 Å². The molecule has 2 heterocycles. The molecule has 3 N–H and O–H groups in total. The highest BCUT2D eigenvalue weighted by Crippen LogP contribution is 2.36. The molecule has 5 heteroatoms. The van der Waals surface area contributed by atoms with E-state index in [9.17, 15) is 4.79 Å². The summed E-state index contributed by atoms with van der Waals surface area (Å²) in [6.07, 6.45) is 4.96. The molecule has 0 unspecified atom stereocenters. The molecule has 15 heavy (non-hydrogen) atoms. The number of hydrogen-bond acceptors (Lipinski definition) is 3. The first kappa shape index (κ1) is 11.1. The minimum absolute atomic E-state index is 0.106. The summed E-state index contributed by atoms with van der Waals surface area (Å²) < 4.78 is 0. The van der Waals surface area contributed by atoms with Gasteiger partial charge in [-0.3, -0.25) is 5.01 Å². The van der Waals surface area contributed by atoms with Crippen LogP contribution in [0.2, 0.25) is 0 Å². The Morgan fingerprint density at radius 2 is 2.40 bits per heavy atom. The van der Waals surface area contributed by atoms with Gasteiger partial charge >= 0.3 is 6.03 Å². The van der Waals surface area contributed by atoms with Crippen molar-refractivity contribution in [2.45, 2.75) is 49.9 Å². The lowest BCUT2D eigenvalue weighted by molar-refractivity contribution is 0.202. The summed E-state index contributed by atoms with van der Waals surface area (Å²) in [6.45, 7) is 2.21. The third-order valence-corrected chi connectivity index (χ3v) is 4.73. The summed E-state index contributed by atoms with van der Waals surface area (Å²) in [7, 11) is 0.